The van der Waals surface area contributed by atoms with Gasteiger partial charge in [-0.15, -0.1) is 5.10 Å². The second-order valence-electron chi connectivity index (χ2n) is 5.21. The lowest BCUT2D eigenvalue weighted by molar-refractivity contribution is 0.892. The molecular formula is C16H14N6OS. The van der Waals surface area contributed by atoms with Crippen molar-refractivity contribution in [2.45, 2.75) is 13.5 Å². The van der Waals surface area contributed by atoms with Crippen LogP contribution in [0.2, 0.25) is 0 Å². The first-order chi connectivity index (χ1) is 11.7. The predicted octanol–water partition coefficient (Wildman–Crippen LogP) is 2.26. The van der Waals surface area contributed by atoms with Gasteiger partial charge in [0.1, 0.15) is 5.82 Å². The number of imidazole rings is 1. The van der Waals surface area contributed by atoms with Gasteiger partial charge in [-0.25, -0.2) is 9.97 Å². The molecule has 0 aliphatic carbocycles. The first kappa shape index (κ1) is 14.6. The largest absolute Gasteiger partial charge is 0.356 e. The van der Waals surface area contributed by atoms with E-state index in [1.54, 1.807) is 6.20 Å². The summed E-state index contributed by atoms with van der Waals surface area (Å²) in [5, 5.41) is 8.20. The lowest BCUT2D eigenvalue weighted by atomic mass is 10.1. The third-order valence-electron chi connectivity index (χ3n) is 3.68. The topological polar surface area (TPSA) is 77.1 Å². The zero-order valence-corrected chi connectivity index (χ0v) is 13.7. The van der Waals surface area contributed by atoms with Gasteiger partial charge in [-0.05, 0) is 18.6 Å². The number of aromatic nitrogens is 5. The number of para-hydroxylation sites is 1. The number of nitrogens with one attached hydrogen (secondary N) is 1. The van der Waals surface area contributed by atoms with Crippen molar-refractivity contribution < 1.29 is 0 Å². The van der Waals surface area contributed by atoms with Crippen molar-refractivity contribution in [1.29, 1.82) is 0 Å². The third kappa shape index (κ3) is 2.56. The van der Waals surface area contributed by atoms with Crippen molar-refractivity contribution in [3.8, 4) is 5.69 Å². The van der Waals surface area contributed by atoms with Crippen LogP contribution in [0.5, 0.6) is 0 Å². The summed E-state index contributed by atoms with van der Waals surface area (Å²) in [7, 11) is 0. The highest BCUT2D eigenvalue weighted by Crippen LogP contribution is 2.20. The van der Waals surface area contributed by atoms with E-state index < -0.39 is 0 Å². The Balaban J connectivity index is 1.63. The molecule has 0 radical (unpaired) electrons. The van der Waals surface area contributed by atoms with E-state index in [0.29, 0.717) is 16.6 Å². The Kier molecular flexibility index (Phi) is 3.58. The van der Waals surface area contributed by atoms with Gasteiger partial charge in [-0.3, -0.25) is 4.79 Å². The Hall–Kier alpha value is -3.00. The van der Waals surface area contributed by atoms with Gasteiger partial charge >= 0.3 is 0 Å². The van der Waals surface area contributed by atoms with Crippen molar-refractivity contribution in [3.05, 3.63) is 70.7 Å². The summed E-state index contributed by atoms with van der Waals surface area (Å²) >= 11 is 1.35. The Morgan fingerprint density at radius 3 is 2.83 bits per heavy atom. The molecule has 4 aromatic rings. The minimum absolute atomic E-state index is 0.182. The second kappa shape index (κ2) is 5.89. The summed E-state index contributed by atoms with van der Waals surface area (Å²) in [4.78, 5) is 20.7. The first-order valence-corrected chi connectivity index (χ1v) is 8.21. The van der Waals surface area contributed by atoms with Crippen LogP contribution in [0, 0.1) is 6.92 Å². The maximum absolute atomic E-state index is 11.7. The average molecular weight is 338 g/mol. The van der Waals surface area contributed by atoms with Crippen LogP contribution < -0.4 is 10.9 Å². The molecule has 3 aromatic heterocycles. The van der Waals surface area contributed by atoms with Gasteiger partial charge in [0.25, 0.3) is 5.56 Å². The van der Waals surface area contributed by atoms with Gasteiger partial charge in [0, 0.05) is 31.2 Å². The standard InChI is InChI=1S/C16H14N6OS/c1-11-17-8-9-21(11)13-5-3-2-4-12(13)10-19-15-20-22-14(23)6-7-18-16(22)24-15/h2-9H,10H2,1H3,(H,19,20). The summed E-state index contributed by atoms with van der Waals surface area (Å²) in [6, 6.07) is 9.50. The maximum atomic E-state index is 11.7. The van der Waals surface area contributed by atoms with Gasteiger partial charge in [0.05, 0.1) is 5.69 Å². The quantitative estimate of drug-likeness (QED) is 0.617. The lowest BCUT2D eigenvalue weighted by Gasteiger charge is -2.12. The number of anilines is 1. The molecule has 0 spiro atoms. The molecule has 0 unspecified atom stereocenters. The molecular weight excluding hydrogens is 324 g/mol. The molecule has 0 saturated carbocycles. The highest BCUT2D eigenvalue weighted by Gasteiger charge is 2.09. The number of aryl methyl sites for hydroxylation is 1. The van der Waals surface area contributed by atoms with Crippen molar-refractivity contribution >= 4 is 21.4 Å². The first-order valence-electron chi connectivity index (χ1n) is 7.39. The highest BCUT2D eigenvalue weighted by atomic mass is 32.1. The summed E-state index contributed by atoms with van der Waals surface area (Å²) in [6.07, 6.45) is 5.22. The average Bonchev–Trinajstić information content (AvgIpc) is 3.20. The number of nitrogens with zero attached hydrogens (tertiary/aromatic N) is 5. The molecule has 0 aliphatic rings. The fourth-order valence-corrected chi connectivity index (χ4v) is 3.28. The van der Waals surface area contributed by atoms with Crippen molar-refractivity contribution in [2.75, 3.05) is 5.32 Å². The van der Waals surface area contributed by atoms with Crippen LogP contribution in [0.4, 0.5) is 5.13 Å². The molecule has 0 amide bonds. The molecule has 0 saturated heterocycles. The summed E-state index contributed by atoms with van der Waals surface area (Å²) in [5.41, 5.74) is 1.99. The maximum Gasteiger partial charge on any atom is 0.275 e. The van der Waals surface area contributed by atoms with Crippen LogP contribution in [-0.4, -0.2) is 24.1 Å². The molecule has 0 atom stereocenters. The minimum Gasteiger partial charge on any atom is -0.356 e. The smallest absolute Gasteiger partial charge is 0.275 e. The molecule has 4 rings (SSSR count). The molecule has 120 valence electrons. The van der Waals surface area contributed by atoms with Crippen LogP contribution in [0.3, 0.4) is 0 Å². The van der Waals surface area contributed by atoms with E-state index in [4.69, 9.17) is 0 Å². The molecule has 3 heterocycles. The summed E-state index contributed by atoms with van der Waals surface area (Å²) in [5.74, 6) is 0.929. The molecule has 7 nitrogen and oxygen atoms in total. The van der Waals surface area contributed by atoms with Gasteiger partial charge in [0.15, 0.2) is 0 Å². The van der Waals surface area contributed by atoms with E-state index in [2.05, 4.69) is 32.5 Å². The van der Waals surface area contributed by atoms with E-state index in [9.17, 15) is 4.79 Å². The van der Waals surface area contributed by atoms with Gasteiger partial charge in [0.2, 0.25) is 10.1 Å². The van der Waals surface area contributed by atoms with E-state index in [0.717, 1.165) is 17.1 Å². The van der Waals surface area contributed by atoms with Gasteiger partial charge in [-0.1, -0.05) is 29.5 Å². The van der Waals surface area contributed by atoms with Crippen molar-refractivity contribution in [1.82, 2.24) is 24.1 Å². The lowest BCUT2D eigenvalue weighted by Crippen LogP contribution is -2.13. The Bertz CT molecular complexity index is 1060. The Morgan fingerprint density at radius 2 is 2.04 bits per heavy atom. The molecule has 0 bridgehead atoms. The SMILES string of the molecule is Cc1nccn1-c1ccccc1CNc1nn2c(=O)ccnc2s1. The zero-order chi connectivity index (χ0) is 16.5. The number of hydrogen-bond acceptors (Lipinski definition) is 6. The zero-order valence-electron chi connectivity index (χ0n) is 12.9. The minimum atomic E-state index is -0.182. The summed E-state index contributed by atoms with van der Waals surface area (Å²) in [6.45, 7) is 2.55. The fourth-order valence-electron chi connectivity index (χ4n) is 2.51. The highest BCUT2D eigenvalue weighted by molar-refractivity contribution is 7.20. The normalized spacial score (nSPS) is 11.0. The van der Waals surface area contributed by atoms with E-state index in [1.807, 2.05) is 29.8 Å². The van der Waals surface area contributed by atoms with Crippen LogP contribution in [0.25, 0.3) is 10.6 Å². The third-order valence-corrected chi connectivity index (χ3v) is 4.56. The van der Waals surface area contributed by atoms with Crippen LogP contribution in [-0.2, 0) is 6.54 Å². The molecule has 0 fully saturated rings. The van der Waals surface area contributed by atoms with Crippen LogP contribution in [0.15, 0.2) is 53.7 Å². The molecule has 0 aliphatic heterocycles. The van der Waals surface area contributed by atoms with E-state index in [-0.39, 0.29) is 5.56 Å². The van der Waals surface area contributed by atoms with Crippen LogP contribution in [0.1, 0.15) is 11.4 Å². The molecule has 24 heavy (non-hydrogen) atoms. The number of rotatable bonds is 4. The van der Waals surface area contributed by atoms with Crippen LogP contribution >= 0.6 is 11.3 Å². The molecule has 1 N–H and O–H groups in total. The second-order valence-corrected chi connectivity index (χ2v) is 6.17. The fraction of sp³-hybridized carbons (Fsp3) is 0.125. The number of fused-ring (bicyclic) bond motifs is 1. The number of benzene rings is 1. The van der Waals surface area contributed by atoms with Gasteiger partial charge in [-0.2, -0.15) is 4.52 Å². The summed E-state index contributed by atoms with van der Waals surface area (Å²) < 4.78 is 3.35. The van der Waals surface area contributed by atoms with Crippen molar-refractivity contribution in [2.24, 2.45) is 0 Å². The number of hydrogen-bond donors (Lipinski definition) is 1. The monoisotopic (exact) mass is 338 g/mol. The van der Waals surface area contributed by atoms with E-state index in [1.165, 1.54) is 28.1 Å². The Labute approximate surface area is 141 Å². The molecule has 1 aromatic carbocycles. The van der Waals surface area contributed by atoms with Gasteiger partial charge < -0.3 is 9.88 Å². The Morgan fingerprint density at radius 1 is 1.17 bits per heavy atom. The van der Waals surface area contributed by atoms with E-state index >= 15 is 0 Å². The van der Waals surface area contributed by atoms with Crippen molar-refractivity contribution in [3.63, 3.8) is 0 Å². The predicted molar refractivity (Wildman–Crippen MR) is 92.8 cm³/mol. The molecule has 8 heteroatoms.